The van der Waals surface area contributed by atoms with Gasteiger partial charge in [-0.3, -0.25) is 9.89 Å². The fourth-order valence-electron chi connectivity index (χ4n) is 2.93. The van der Waals surface area contributed by atoms with Crippen LogP contribution in [0.4, 0.5) is 4.39 Å². The molecule has 0 saturated carbocycles. The number of aromatic amines is 1. The van der Waals surface area contributed by atoms with Crippen LogP contribution in [0.25, 0.3) is 11.3 Å². The third-order valence-corrected chi connectivity index (χ3v) is 6.41. The Morgan fingerprint density at radius 2 is 1.85 bits per heavy atom. The molecule has 1 saturated heterocycles. The van der Waals surface area contributed by atoms with Crippen LogP contribution in [0.1, 0.15) is 23.8 Å². The zero-order valence-electron chi connectivity index (χ0n) is 14.5. The highest BCUT2D eigenvalue weighted by Gasteiger charge is 2.29. The van der Waals surface area contributed by atoms with Crippen molar-refractivity contribution >= 4 is 15.9 Å². The Labute approximate surface area is 151 Å². The number of rotatable bonds is 5. The van der Waals surface area contributed by atoms with E-state index in [1.54, 1.807) is 23.1 Å². The molecule has 1 aromatic heterocycles. The molecular weight excluding hydrogens is 359 g/mol. The molecule has 26 heavy (non-hydrogen) atoms. The molecule has 7 nitrogen and oxygen atoms in total. The molecule has 1 fully saturated rings. The summed E-state index contributed by atoms with van der Waals surface area (Å²) < 4.78 is 38.6. The van der Waals surface area contributed by atoms with Gasteiger partial charge in [0, 0.05) is 31.7 Å². The van der Waals surface area contributed by atoms with Crippen molar-refractivity contribution in [2.24, 2.45) is 0 Å². The first-order chi connectivity index (χ1) is 12.4. The minimum absolute atomic E-state index is 0.128. The van der Waals surface area contributed by atoms with Crippen molar-refractivity contribution in [3.05, 3.63) is 41.8 Å². The van der Waals surface area contributed by atoms with Crippen LogP contribution in [0.15, 0.2) is 30.3 Å². The quantitative estimate of drug-likeness (QED) is 0.856. The lowest BCUT2D eigenvalue weighted by Gasteiger charge is -2.33. The van der Waals surface area contributed by atoms with E-state index < -0.39 is 10.0 Å². The normalized spacial score (nSPS) is 16.0. The molecule has 0 spiro atoms. The van der Waals surface area contributed by atoms with Crippen molar-refractivity contribution in [3.63, 3.8) is 0 Å². The van der Waals surface area contributed by atoms with E-state index in [9.17, 15) is 17.6 Å². The van der Waals surface area contributed by atoms with Gasteiger partial charge in [-0.05, 0) is 36.8 Å². The molecule has 2 heterocycles. The third kappa shape index (κ3) is 3.94. The molecule has 140 valence electrons. The summed E-state index contributed by atoms with van der Waals surface area (Å²) in [5.41, 5.74) is 1.59. The van der Waals surface area contributed by atoms with Gasteiger partial charge in [-0.15, -0.1) is 0 Å². The Hall–Kier alpha value is -2.26. The van der Waals surface area contributed by atoms with Gasteiger partial charge in [-0.25, -0.2) is 12.8 Å². The molecule has 0 radical (unpaired) electrons. The number of nitrogens with one attached hydrogen (secondary N) is 1. The number of hydrogen-bond acceptors (Lipinski definition) is 4. The summed E-state index contributed by atoms with van der Waals surface area (Å²) in [4.78, 5) is 14.2. The highest BCUT2D eigenvalue weighted by molar-refractivity contribution is 7.89. The number of carbonyl (C=O) groups is 1. The molecule has 9 heteroatoms. The Morgan fingerprint density at radius 1 is 1.19 bits per heavy atom. The van der Waals surface area contributed by atoms with E-state index in [-0.39, 0.29) is 17.5 Å². The molecule has 1 aromatic carbocycles. The van der Waals surface area contributed by atoms with Crippen LogP contribution >= 0.6 is 0 Å². The van der Waals surface area contributed by atoms with Gasteiger partial charge in [0.1, 0.15) is 11.5 Å². The minimum atomic E-state index is -3.24. The number of hydrogen-bond donors (Lipinski definition) is 1. The maximum absolute atomic E-state index is 13.0. The highest BCUT2D eigenvalue weighted by Crippen LogP contribution is 2.19. The average Bonchev–Trinajstić information content (AvgIpc) is 3.12. The van der Waals surface area contributed by atoms with Crippen molar-refractivity contribution in [1.82, 2.24) is 19.4 Å². The van der Waals surface area contributed by atoms with E-state index in [1.165, 1.54) is 16.4 Å². The molecule has 2 aromatic rings. The van der Waals surface area contributed by atoms with E-state index in [0.29, 0.717) is 49.6 Å². The summed E-state index contributed by atoms with van der Waals surface area (Å²) in [7, 11) is -3.24. The van der Waals surface area contributed by atoms with Gasteiger partial charge >= 0.3 is 0 Å². The number of H-pyrrole nitrogens is 1. The zero-order chi connectivity index (χ0) is 18.7. The summed E-state index contributed by atoms with van der Waals surface area (Å²) in [6.07, 6.45) is 0.571. The van der Waals surface area contributed by atoms with Crippen molar-refractivity contribution in [1.29, 1.82) is 0 Å². The lowest BCUT2D eigenvalue weighted by molar-refractivity contribution is 0.0692. The smallest absolute Gasteiger partial charge is 0.271 e. The van der Waals surface area contributed by atoms with Crippen LogP contribution in [0.2, 0.25) is 0 Å². The largest absolute Gasteiger partial charge is 0.335 e. The van der Waals surface area contributed by atoms with Gasteiger partial charge in [0.05, 0.1) is 11.4 Å². The lowest BCUT2D eigenvalue weighted by atomic mass is 10.1. The molecule has 3 rings (SSSR count). The van der Waals surface area contributed by atoms with Crippen molar-refractivity contribution in [2.45, 2.75) is 13.3 Å². The number of amides is 1. The molecule has 0 unspecified atom stereocenters. The predicted octanol–water partition coefficient (Wildman–Crippen LogP) is 1.71. The number of carbonyl (C=O) groups excluding carboxylic acids is 1. The predicted molar refractivity (Wildman–Crippen MR) is 95.5 cm³/mol. The highest BCUT2D eigenvalue weighted by atomic mass is 32.2. The fraction of sp³-hybridized carbons (Fsp3) is 0.412. The molecule has 1 aliphatic rings. The van der Waals surface area contributed by atoms with E-state index in [1.807, 2.05) is 6.92 Å². The summed E-state index contributed by atoms with van der Waals surface area (Å²) >= 11 is 0. The number of nitrogens with zero attached hydrogens (tertiary/aromatic N) is 3. The van der Waals surface area contributed by atoms with Crippen LogP contribution in [0, 0.1) is 5.82 Å². The number of halogens is 1. The van der Waals surface area contributed by atoms with Crippen LogP contribution in [-0.2, 0) is 10.0 Å². The Kier molecular flexibility index (Phi) is 5.38. The van der Waals surface area contributed by atoms with Gasteiger partial charge < -0.3 is 4.90 Å². The van der Waals surface area contributed by atoms with E-state index in [0.717, 1.165) is 0 Å². The number of sulfonamides is 1. The van der Waals surface area contributed by atoms with Crippen molar-refractivity contribution in [3.8, 4) is 11.3 Å². The van der Waals surface area contributed by atoms with Crippen LogP contribution in [0.3, 0.4) is 0 Å². The van der Waals surface area contributed by atoms with E-state index >= 15 is 0 Å². The molecule has 1 amide bonds. The SMILES string of the molecule is CCCS(=O)(=O)N1CCN(C(=O)c2cc(-c3ccc(F)cc3)n[nH]2)CC1. The molecule has 1 N–H and O–H groups in total. The average molecular weight is 380 g/mol. The summed E-state index contributed by atoms with van der Waals surface area (Å²) in [5.74, 6) is -0.433. The standard InChI is InChI=1S/C17H21FN4O3S/c1-2-11-26(24,25)22-9-7-21(8-10-22)17(23)16-12-15(19-20-16)13-3-5-14(18)6-4-13/h3-6,12H,2,7-11H2,1H3,(H,19,20). The summed E-state index contributed by atoms with van der Waals surface area (Å²) in [6.45, 7) is 3.10. The molecule has 0 aliphatic carbocycles. The third-order valence-electron chi connectivity index (χ3n) is 4.33. The maximum atomic E-state index is 13.0. The van der Waals surface area contributed by atoms with Crippen molar-refractivity contribution in [2.75, 3.05) is 31.9 Å². The van der Waals surface area contributed by atoms with Crippen molar-refractivity contribution < 1.29 is 17.6 Å². The first-order valence-corrected chi connectivity index (χ1v) is 10.1. The topological polar surface area (TPSA) is 86.4 Å². The molecule has 1 aliphatic heterocycles. The van der Waals surface area contributed by atoms with Gasteiger partial charge in [0.15, 0.2) is 0 Å². The summed E-state index contributed by atoms with van der Waals surface area (Å²) in [5, 5.41) is 6.82. The van der Waals surface area contributed by atoms with E-state index in [4.69, 9.17) is 0 Å². The first kappa shape index (κ1) is 18.5. The summed E-state index contributed by atoms with van der Waals surface area (Å²) in [6, 6.07) is 7.48. The minimum Gasteiger partial charge on any atom is -0.335 e. The molecule has 0 bridgehead atoms. The molecule has 0 atom stereocenters. The van der Waals surface area contributed by atoms with Crippen LogP contribution in [-0.4, -0.2) is 65.7 Å². The number of piperazine rings is 1. The second-order valence-electron chi connectivity index (χ2n) is 6.18. The zero-order valence-corrected chi connectivity index (χ0v) is 15.3. The number of benzene rings is 1. The lowest BCUT2D eigenvalue weighted by Crippen LogP contribution is -2.51. The van der Waals surface area contributed by atoms with Gasteiger partial charge in [-0.2, -0.15) is 9.40 Å². The van der Waals surface area contributed by atoms with Gasteiger partial charge in [0.25, 0.3) is 5.91 Å². The maximum Gasteiger partial charge on any atom is 0.271 e. The number of aromatic nitrogens is 2. The second kappa shape index (κ2) is 7.55. The Balaban J connectivity index is 1.65. The fourth-order valence-corrected chi connectivity index (χ4v) is 4.42. The van der Waals surface area contributed by atoms with Gasteiger partial charge in [0.2, 0.25) is 10.0 Å². The van der Waals surface area contributed by atoms with Gasteiger partial charge in [-0.1, -0.05) is 6.92 Å². The first-order valence-electron chi connectivity index (χ1n) is 8.49. The van der Waals surface area contributed by atoms with Crippen LogP contribution in [0.5, 0.6) is 0 Å². The second-order valence-corrected chi connectivity index (χ2v) is 8.27. The van der Waals surface area contributed by atoms with Crippen LogP contribution < -0.4 is 0 Å². The Bertz CT molecular complexity index is 872. The monoisotopic (exact) mass is 380 g/mol. The Morgan fingerprint density at radius 3 is 2.46 bits per heavy atom. The molecular formula is C17H21FN4O3S. The van der Waals surface area contributed by atoms with E-state index in [2.05, 4.69) is 10.2 Å².